The predicted molar refractivity (Wildman–Crippen MR) is 552 cm³/mol. The summed E-state index contributed by atoms with van der Waals surface area (Å²) in [4.78, 5) is 78.7. The molecular weight excluding hydrogens is 1670 g/mol. The molecule has 0 aromatic carbocycles. The minimum Gasteiger partial charge on any atom is -0.469 e. The van der Waals surface area contributed by atoms with Crippen molar-refractivity contribution in [2.24, 2.45) is 90.8 Å². The quantitative estimate of drug-likeness (QED) is 0.0356. The van der Waals surface area contributed by atoms with Crippen molar-refractivity contribution in [1.82, 2.24) is 9.80 Å². The second-order valence-electron chi connectivity index (χ2n) is 43.5. The van der Waals surface area contributed by atoms with Crippen molar-refractivity contribution in [3.05, 3.63) is 0 Å². The molecule has 1 saturated heterocycles. The number of Topliss-reactive ketones (excluding diaryl/α,β-unsaturated/α-hetero) is 1. The largest absolute Gasteiger partial charge is 0.469 e. The fraction of sp³-hybridized carbons (Fsp3) is 0.908. The average Bonchev–Trinajstić information content (AvgIpc) is 1.80. The van der Waals surface area contributed by atoms with Crippen molar-refractivity contribution < 1.29 is 78.3 Å². The number of oxime groups is 2. The van der Waals surface area contributed by atoms with Crippen LogP contribution < -0.4 is 10.9 Å². The number of sulfonamides is 1. The van der Waals surface area contributed by atoms with Crippen molar-refractivity contribution in [3.63, 3.8) is 0 Å². The number of ether oxygens (including phenoxy) is 2. The fourth-order valence-corrected chi connectivity index (χ4v) is 12.3. The third-order valence-electron chi connectivity index (χ3n) is 16.5. The van der Waals surface area contributed by atoms with Gasteiger partial charge in [-0.1, -0.05) is 299 Å². The van der Waals surface area contributed by atoms with E-state index in [1.807, 2.05) is 46.4 Å². The van der Waals surface area contributed by atoms with Gasteiger partial charge in [-0.25, -0.2) is 40.0 Å². The number of ketones is 1. The summed E-state index contributed by atoms with van der Waals surface area (Å²) in [5, 5.41) is 32.0. The number of hydrogen-bond acceptors (Lipinski definition) is 23. The number of primary sulfonamides is 1. The molecule has 4 rings (SSSR count). The van der Waals surface area contributed by atoms with Crippen molar-refractivity contribution in [2.75, 3.05) is 96.5 Å². The Bertz CT molecular complexity index is 3240. The third kappa shape index (κ3) is 145. The Balaban J connectivity index is -0.0000000765. The first-order valence-corrected chi connectivity index (χ1v) is 48.0. The summed E-state index contributed by atoms with van der Waals surface area (Å²) in [5.74, 6) is 0.580. The van der Waals surface area contributed by atoms with E-state index in [0.717, 1.165) is 140 Å². The van der Waals surface area contributed by atoms with Crippen LogP contribution in [0.25, 0.3) is 0 Å². The molecule has 5 N–H and O–H groups in total. The van der Waals surface area contributed by atoms with Crippen LogP contribution in [0.3, 0.4) is 0 Å². The highest BCUT2D eigenvalue weighted by atomic mass is 32.2. The lowest BCUT2D eigenvalue weighted by Crippen LogP contribution is -2.47. The van der Waals surface area contributed by atoms with E-state index in [-0.39, 0.29) is 138 Å². The highest BCUT2D eigenvalue weighted by Gasteiger charge is 2.26. The fourth-order valence-electron chi connectivity index (χ4n) is 9.97. The van der Waals surface area contributed by atoms with Gasteiger partial charge in [0.15, 0.2) is 0 Å². The monoisotopic (exact) mass is 1890 g/mol. The number of aliphatic hydroxyl groups is 1. The first-order valence-electron chi connectivity index (χ1n) is 42.2. The Hall–Kier alpha value is -4.68. The van der Waals surface area contributed by atoms with Gasteiger partial charge in [0.1, 0.15) is 32.0 Å². The molecule has 0 aliphatic carbocycles. The molecule has 4 heterocycles. The number of amides is 2. The molecule has 0 spiro atoms. The van der Waals surface area contributed by atoms with Gasteiger partial charge in [-0.3, -0.25) is 19.2 Å². The highest BCUT2D eigenvalue weighted by molar-refractivity contribution is 7.91. The minimum absolute atomic E-state index is 0. The Kier molecular flexibility index (Phi) is 97.5. The van der Waals surface area contributed by atoms with Crippen LogP contribution in [0.1, 0.15) is 436 Å². The van der Waals surface area contributed by atoms with Crippen molar-refractivity contribution in [2.45, 2.75) is 436 Å². The predicted octanol–water partition coefficient (Wildman–Crippen LogP) is 25.1. The SMILES string of the molecule is C.C.C.C.C.C.C.C.C.C.CC(C)(C)CC(=O)CCCOCCO.CC(C)(C)CCC1=NOC(=O)C1.CC(C)(C)CCCC(N)=O.CC(C)(C)CCCC1=NN=NC1.CC(C)(C)CCCC1=NOC(=O)C1.CC(C)(C)CCCCS(C)(=O)=O.CC(C)(C)CCCS(C)(=O)=O.CC(C)(C)CCS(N)(=O)=O.CN1CCN(C(=O)CC(C)(C)C)CC1.COC(=O)CC(C)(C)C. The summed E-state index contributed by atoms with van der Waals surface area (Å²) in [6.45, 7) is 69.3. The zero-order valence-corrected chi connectivity index (χ0v) is 83.2. The number of rotatable bonds is 29. The third-order valence-corrected chi connectivity index (χ3v) is 19.3. The second-order valence-corrected chi connectivity index (χ2v) is 49.7. The normalized spacial score (nSPS) is 13.7. The van der Waals surface area contributed by atoms with Crippen LogP contribution in [0.4, 0.5) is 0 Å². The number of nitrogens with zero attached hydrogens (tertiary/aromatic N) is 7. The van der Waals surface area contributed by atoms with Crippen molar-refractivity contribution >= 4 is 82.3 Å². The van der Waals surface area contributed by atoms with Crippen LogP contribution in [-0.4, -0.2) is 189 Å². The number of likely N-dealkylation sites (N-methyl/N-ethyl adjacent to an activating group) is 1. The molecule has 0 bridgehead atoms. The summed E-state index contributed by atoms with van der Waals surface area (Å²) < 4.78 is 73.4. The lowest BCUT2D eigenvalue weighted by molar-refractivity contribution is -0.143. The van der Waals surface area contributed by atoms with E-state index in [1.165, 1.54) is 32.5 Å². The second kappa shape index (κ2) is 77.7. The summed E-state index contributed by atoms with van der Waals surface area (Å²) in [7, 11) is -5.23. The number of methoxy groups -OCH3 is 1. The summed E-state index contributed by atoms with van der Waals surface area (Å²) in [5.41, 5.74) is 10.2. The molecule has 4 aliphatic rings. The smallest absolute Gasteiger partial charge is 0.340 e. The molecule has 2 amide bonds. The lowest BCUT2D eigenvalue weighted by Gasteiger charge is -2.34. The molecule has 0 unspecified atom stereocenters. The maximum absolute atomic E-state index is 11.8. The molecule has 1 fully saturated rings. The van der Waals surface area contributed by atoms with Gasteiger partial charge in [-0.15, -0.1) is 5.10 Å². The molecule has 0 radical (unpaired) electrons. The Morgan fingerprint density at radius 1 is 0.425 bits per heavy atom. The molecule has 26 nitrogen and oxygen atoms in total. The van der Waals surface area contributed by atoms with Gasteiger partial charge in [0, 0.05) is 82.5 Å². The number of sulfone groups is 2. The van der Waals surface area contributed by atoms with Gasteiger partial charge in [-0.2, -0.15) is 5.11 Å². The molecular formula is C98H217N9O17S3. The Labute approximate surface area is 789 Å². The van der Waals surface area contributed by atoms with Gasteiger partial charge >= 0.3 is 17.9 Å². The van der Waals surface area contributed by atoms with Gasteiger partial charge in [0.25, 0.3) is 0 Å². The van der Waals surface area contributed by atoms with Crippen LogP contribution >= 0.6 is 0 Å². The lowest BCUT2D eigenvalue weighted by atomic mass is 9.89. The first-order chi connectivity index (χ1) is 52.4. The summed E-state index contributed by atoms with van der Waals surface area (Å²) in [6, 6.07) is 0. The first kappa shape index (κ1) is 159. The number of carbonyl (C=O) groups excluding carboxylic acids is 6. The number of primary amides is 1. The average molecular weight is 1890 g/mol. The maximum atomic E-state index is 11.8. The van der Waals surface area contributed by atoms with E-state index < -0.39 is 29.7 Å². The van der Waals surface area contributed by atoms with Gasteiger partial charge < -0.3 is 39.8 Å². The van der Waals surface area contributed by atoms with E-state index >= 15 is 0 Å². The number of esters is 1. The van der Waals surface area contributed by atoms with E-state index in [9.17, 15) is 54.0 Å². The molecule has 0 aromatic rings. The van der Waals surface area contributed by atoms with Crippen LogP contribution in [0, 0.1) is 54.1 Å². The zero-order valence-electron chi connectivity index (χ0n) is 80.7. The summed E-state index contributed by atoms with van der Waals surface area (Å²) in [6.07, 6.45) is 22.8. The molecule has 127 heavy (non-hydrogen) atoms. The molecule has 774 valence electrons. The van der Waals surface area contributed by atoms with Crippen LogP contribution in [0.2, 0.25) is 0 Å². The zero-order chi connectivity index (χ0) is 93.0. The highest BCUT2D eigenvalue weighted by Crippen LogP contribution is 2.28. The Morgan fingerprint density at radius 3 is 1.08 bits per heavy atom. The number of unbranched alkanes of at least 4 members (excludes halogenated alkanes) is 1. The minimum atomic E-state index is -3.26. The van der Waals surface area contributed by atoms with Crippen molar-refractivity contribution in [3.8, 4) is 0 Å². The van der Waals surface area contributed by atoms with Crippen molar-refractivity contribution in [1.29, 1.82) is 0 Å². The van der Waals surface area contributed by atoms with Crippen LogP contribution in [-0.2, 0) is 77.6 Å². The van der Waals surface area contributed by atoms with Gasteiger partial charge in [-0.05, 0) is 169 Å². The van der Waals surface area contributed by atoms with Crippen LogP contribution in [0.15, 0.2) is 25.8 Å². The van der Waals surface area contributed by atoms with E-state index in [2.05, 4.69) is 218 Å². The van der Waals surface area contributed by atoms with Gasteiger partial charge in [0.05, 0.1) is 62.5 Å². The summed E-state index contributed by atoms with van der Waals surface area (Å²) >= 11 is 0. The van der Waals surface area contributed by atoms with Gasteiger partial charge in [0.2, 0.25) is 21.8 Å². The number of carbonyl (C=O) groups is 6. The van der Waals surface area contributed by atoms with Crippen LogP contribution in [0.5, 0.6) is 0 Å². The van der Waals surface area contributed by atoms with E-state index in [4.69, 9.17) is 20.7 Å². The molecule has 0 atom stereocenters. The van der Waals surface area contributed by atoms with E-state index in [0.29, 0.717) is 115 Å². The number of nitrogens with two attached hydrogens (primary N) is 2. The Morgan fingerprint density at radius 2 is 0.780 bits per heavy atom. The molecule has 0 aromatic heterocycles. The maximum Gasteiger partial charge on any atom is 0.340 e. The molecule has 0 saturated carbocycles. The molecule has 29 heteroatoms. The number of aliphatic hydroxyl groups excluding tert-OH is 1. The topological polar surface area (TPSA) is 382 Å². The standard InChI is InChI=1S/C11H22N2O.C11H22O3.C10H17NO2.C9H17N3.C9H15NO2.C9H20O2S.C8H17NO.C8H18O2S.C7H14O2.C6H15NO2S.10CH4/c1-11(2,3)9-10(14)13-7-5-12(4)6-8-13;1-11(2,3)9-10(13)5-4-7-14-8-6-12;1-10(2,3)6-4-5-8-7-9(12)13-11-8;1-9(2,3)6-4-5-8-7-10-12-11-8;1-9(2,3)5-4-7-6-8(11)12-10-7;1-9(2,3)7-5-6-8-12(4,10)11;1-8(2,3)6-4-5-7(9)10;1-8(2,3)6-5-7-11(4,9)10;1-7(2,3)5-6(8)9-4;1-6(2,3)4-5-10(7,8)9;;;;;;;;;;/h5-9H2,1-4H3;12H,4-9H2,1-3H3;4-7H2,1-3H3;4-7H2,1-3H3;4-6H2,1-3H3;5-8H2,1-4H3;4-6H2,1-3H3,(H2,9,10);5-7H2,1-4H3;5H2,1-4H3;4-5H2,1-3H3,(H2,7,8,9);10*1H4. The number of hydrogen-bond donors (Lipinski definition) is 3. The van der Waals surface area contributed by atoms with E-state index in [1.54, 1.807) is 0 Å². The molecule has 4 aliphatic heterocycles. The number of piperazine rings is 1.